The highest BCUT2D eigenvalue weighted by molar-refractivity contribution is 6.33. The van der Waals surface area contributed by atoms with Crippen molar-refractivity contribution < 1.29 is 19.0 Å². The van der Waals surface area contributed by atoms with Crippen LogP contribution in [0.5, 0.6) is 17.2 Å². The molecule has 0 unspecified atom stereocenters. The van der Waals surface area contributed by atoms with Crippen LogP contribution < -0.4 is 19.5 Å². The maximum Gasteiger partial charge on any atom is 0.260 e. The van der Waals surface area contributed by atoms with Crippen molar-refractivity contribution in [1.29, 1.82) is 0 Å². The van der Waals surface area contributed by atoms with E-state index in [0.717, 1.165) is 5.56 Å². The molecule has 0 saturated carbocycles. The number of nitrogens with one attached hydrogen (secondary N) is 1. The smallest absolute Gasteiger partial charge is 0.260 e. The van der Waals surface area contributed by atoms with Crippen molar-refractivity contribution >= 4 is 23.3 Å². The van der Waals surface area contributed by atoms with Gasteiger partial charge in [0.2, 0.25) is 0 Å². The molecule has 2 aromatic heterocycles. The Balaban J connectivity index is 1.60. The highest BCUT2D eigenvalue weighted by atomic mass is 35.5. The summed E-state index contributed by atoms with van der Waals surface area (Å²) in [6.07, 6.45) is 5.35. The fraction of sp³-hybridized carbons (Fsp3) is 0.167. The van der Waals surface area contributed by atoms with Gasteiger partial charge in [-0.1, -0.05) is 23.7 Å². The third-order valence-electron chi connectivity index (χ3n) is 5.16. The molecule has 0 aliphatic carbocycles. The first kappa shape index (κ1) is 22.3. The zero-order valence-electron chi connectivity index (χ0n) is 18.4. The molecule has 0 atom stereocenters. The summed E-state index contributed by atoms with van der Waals surface area (Å²) in [6.45, 7) is 0.368. The van der Waals surface area contributed by atoms with Crippen molar-refractivity contribution in [2.24, 2.45) is 0 Å². The highest BCUT2D eigenvalue weighted by Crippen LogP contribution is 2.32. The minimum atomic E-state index is -0.368. The summed E-state index contributed by atoms with van der Waals surface area (Å²) in [5, 5.41) is 7.66. The van der Waals surface area contributed by atoms with E-state index in [9.17, 15) is 4.79 Å². The number of nitrogens with zero attached hydrogens (tertiary/aromatic N) is 3. The van der Waals surface area contributed by atoms with Crippen LogP contribution in [0.2, 0.25) is 5.02 Å². The molecule has 4 rings (SSSR count). The number of carbonyl (C=O) groups is 1. The zero-order valence-corrected chi connectivity index (χ0v) is 19.2. The van der Waals surface area contributed by atoms with Crippen LogP contribution in [0.15, 0.2) is 67.1 Å². The molecule has 170 valence electrons. The molecule has 0 saturated heterocycles. The first-order chi connectivity index (χ1) is 16.0. The van der Waals surface area contributed by atoms with Crippen LogP contribution in [0.25, 0.3) is 5.69 Å². The summed E-state index contributed by atoms with van der Waals surface area (Å²) in [5.41, 5.74) is 1.88. The van der Waals surface area contributed by atoms with E-state index in [1.807, 2.05) is 47.3 Å². The lowest BCUT2D eigenvalue weighted by Gasteiger charge is -2.15. The molecule has 0 aliphatic rings. The molecule has 0 spiro atoms. The molecular weight excluding hydrogens is 444 g/mol. The molecule has 2 aromatic carbocycles. The lowest BCUT2D eigenvalue weighted by molar-refractivity contribution is 0.102. The second kappa shape index (κ2) is 9.70. The lowest BCUT2D eigenvalue weighted by atomic mass is 10.1. The summed E-state index contributed by atoms with van der Waals surface area (Å²) in [4.78, 5) is 13.1. The minimum Gasteiger partial charge on any atom is -0.496 e. The first-order valence-corrected chi connectivity index (χ1v) is 10.5. The summed E-state index contributed by atoms with van der Waals surface area (Å²) < 4.78 is 19.9. The summed E-state index contributed by atoms with van der Waals surface area (Å²) in [7, 11) is 4.68. The number of hydrogen-bond donors (Lipinski definition) is 1. The Labute approximate surface area is 196 Å². The monoisotopic (exact) mass is 466 g/mol. The SMILES string of the molecule is COc1cc(-n2cccc2)c(Cl)cc1C(=O)Nc1ccnn1Cc1cccc(OC)c1OC. The van der Waals surface area contributed by atoms with Gasteiger partial charge in [0, 0.05) is 30.1 Å². The van der Waals surface area contributed by atoms with Crippen molar-refractivity contribution in [2.45, 2.75) is 6.54 Å². The highest BCUT2D eigenvalue weighted by Gasteiger charge is 2.19. The average molecular weight is 467 g/mol. The predicted octanol–water partition coefficient (Wildman–Crippen LogP) is 4.65. The van der Waals surface area contributed by atoms with Gasteiger partial charge in [-0.25, -0.2) is 4.68 Å². The molecule has 2 heterocycles. The molecule has 8 nitrogen and oxygen atoms in total. The van der Waals surface area contributed by atoms with Gasteiger partial charge in [-0.05, 0) is 24.3 Å². The molecule has 0 fully saturated rings. The number of aromatic nitrogens is 3. The fourth-order valence-electron chi connectivity index (χ4n) is 3.57. The summed E-state index contributed by atoms with van der Waals surface area (Å²) in [6, 6.07) is 14.4. The van der Waals surface area contributed by atoms with Gasteiger partial charge in [0.1, 0.15) is 11.6 Å². The number of rotatable bonds is 8. The Morgan fingerprint density at radius 1 is 1.00 bits per heavy atom. The Bertz CT molecular complexity index is 1270. The van der Waals surface area contributed by atoms with Crippen molar-refractivity contribution in [3.05, 3.63) is 83.3 Å². The van der Waals surface area contributed by atoms with Crippen LogP contribution >= 0.6 is 11.6 Å². The van der Waals surface area contributed by atoms with Crippen LogP contribution in [-0.4, -0.2) is 41.6 Å². The number of carbonyl (C=O) groups excluding carboxylic acids is 1. The number of para-hydroxylation sites is 1. The van der Waals surface area contributed by atoms with Gasteiger partial charge in [0.25, 0.3) is 5.91 Å². The zero-order chi connectivity index (χ0) is 23.4. The standard InChI is InChI=1S/C24H23ClN4O4/c1-31-20-8-6-7-16(23(20)33-3)15-29-22(9-10-26-29)27-24(30)17-13-18(25)19(14-21(17)32-2)28-11-4-5-12-28/h4-14H,15H2,1-3H3,(H,27,30). The van der Waals surface area contributed by atoms with E-state index in [-0.39, 0.29) is 5.91 Å². The largest absolute Gasteiger partial charge is 0.496 e. The molecule has 9 heteroatoms. The third-order valence-corrected chi connectivity index (χ3v) is 5.46. The van der Waals surface area contributed by atoms with E-state index in [2.05, 4.69) is 10.4 Å². The maximum atomic E-state index is 13.1. The molecule has 1 amide bonds. The first-order valence-electron chi connectivity index (χ1n) is 10.1. The van der Waals surface area contributed by atoms with E-state index < -0.39 is 0 Å². The van der Waals surface area contributed by atoms with Crippen LogP contribution in [0.3, 0.4) is 0 Å². The minimum absolute atomic E-state index is 0.310. The van der Waals surface area contributed by atoms with Gasteiger partial charge in [-0.15, -0.1) is 0 Å². The van der Waals surface area contributed by atoms with E-state index in [1.54, 1.807) is 43.3 Å². The summed E-state index contributed by atoms with van der Waals surface area (Å²) in [5.74, 6) is 1.78. The van der Waals surface area contributed by atoms with Gasteiger partial charge in [0.15, 0.2) is 11.5 Å². The van der Waals surface area contributed by atoms with E-state index in [0.29, 0.717) is 45.9 Å². The van der Waals surface area contributed by atoms with Crippen molar-refractivity contribution in [1.82, 2.24) is 14.3 Å². The van der Waals surface area contributed by atoms with Crippen LogP contribution in [0, 0.1) is 0 Å². The van der Waals surface area contributed by atoms with Gasteiger partial charge in [0.05, 0.1) is 50.3 Å². The van der Waals surface area contributed by atoms with Gasteiger partial charge >= 0.3 is 0 Å². The van der Waals surface area contributed by atoms with Crippen LogP contribution in [0.4, 0.5) is 5.82 Å². The average Bonchev–Trinajstić information content (AvgIpc) is 3.51. The Kier molecular flexibility index (Phi) is 6.55. The van der Waals surface area contributed by atoms with Crippen molar-refractivity contribution in [2.75, 3.05) is 26.6 Å². The molecule has 0 bridgehead atoms. The predicted molar refractivity (Wildman–Crippen MR) is 126 cm³/mol. The quantitative estimate of drug-likeness (QED) is 0.409. The fourth-order valence-corrected chi connectivity index (χ4v) is 3.83. The Morgan fingerprint density at radius 2 is 1.76 bits per heavy atom. The number of ether oxygens (including phenoxy) is 3. The number of halogens is 1. The Morgan fingerprint density at radius 3 is 2.45 bits per heavy atom. The molecule has 4 aromatic rings. The van der Waals surface area contributed by atoms with Crippen molar-refractivity contribution in [3.63, 3.8) is 0 Å². The van der Waals surface area contributed by atoms with Gasteiger partial charge in [-0.3, -0.25) is 4.79 Å². The maximum absolute atomic E-state index is 13.1. The molecule has 33 heavy (non-hydrogen) atoms. The second-order valence-electron chi connectivity index (χ2n) is 7.08. The van der Waals surface area contributed by atoms with E-state index in [1.165, 1.54) is 7.11 Å². The lowest BCUT2D eigenvalue weighted by Crippen LogP contribution is -2.17. The topological polar surface area (TPSA) is 79.5 Å². The third kappa shape index (κ3) is 4.51. The molecule has 0 radical (unpaired) electrons. The normalized spacial score (nSPS) is 10.7. The number of amides is 1. The summed E-state index contributed by atoms with van der Waals surface area (Å²) >= 11 is 6.48. The second-order valence-corrected chi connectivity index (χ2v) is 7.48. The number of anilines is 1. The van der Waals surface area contributed by atoms with Gasteiger partial charge in [-0.2, -0.15) is 5.10 Å². The molecule has 1 N–H and O–H groups in total. The van der Waals surface area contributed by atoms with Crippen LogP contribution in [0.1, 0.15) is 15.9 Å². The molecular formula is C24H23ClN4O4. The van der Waals surface area contributed by atoms with Crippen LogP contribution in [-0.2, 0) is 6.54 Å². The number of hydrogen-bond acceptors (Lipinski definition) is 5. The number of benzene rings is 2. The number of methoxy groups -OCH3 is 3. The van der Waals surface area contributed by atoms with Crippen molar-refractivity contribution in [3.8, 4) is 22.9 Å². The van der Waals surface area contributed by atoms with E-state index >= 15 is 0 Å². The van der Waals surface area contributed by atoms with E-state index in [4.69, 9.17) is 25.8 Å². The molecule has 0 aliphatic heterocycles. The van der Waals surface area contributed by atoms with Gasteiger partial charge < -0.3 is 24.1 Å². The Hall–Kier alpha value is -3.91.